The van der Waals surface area contributed by atoms with Crippen LogP contribution in [0.5, 0.6) is 5.75 Å². The normalized spacial score (nSPS) is 13.3. The first-order chi connectivity index (χ1) is 12.0. The summed E-state index contributed by atoms with van der Waals surface area (Å²) in [5, 5.41) is 4.12. The highest BCUT2D eigenvalue weighted by atomic mass is 19.4. The van der Waals surface area contributed by atoms with Crippen molar-refractivity contribution >= 4 is 0 Å². The molecule has 0 aliphatic heterocycles. The van der Waals surface area contributed by atoms with Crippen LogP contribution in [0.2, 0.25) is 0 Å². The zero-order valence-corrected chi connectivity index (χ0v) is 13.4. The van der Waals surface area contributed by atoms with Gasteiger partial charge in [0.2, 0.25) is 0 Å². The van der Waals surface area contributed by atoms with Gasteiger partial charge < -0.3 is 9.26 Å². The molecule has 0 unspecified atom stereocenters. The maximum atomic E-state index is 13.0. The second-order valence-corrected chi connectivity index (χ2v) is 5.94. The van der Waals surface area contributed by atoms with Crippen LogP contribution in [0.15, 0.2) is 47.0 Å². The molecule has 1 aliphatic rings. The van der Waals surface area contributed by atoms with Crippen LogP contribution in [0.3, 0.4) is 0 Å². The van der Waals surface area contributed by atoms with Gasteiger partial charge in [-0.25, -0.2) is 0 Å². The summed E-state index contributed by atoms with van der Waals surface area (Å²) in [5.74, 6) is 1.17. The summed E-state index contributed by atoms with van der Waals surface area (Å²) in [6, 6.07) is 10.8. The van der Waals surface area contributed by atoms with E-state index in [-0.39, 0.29) is 0 Å². The monoisotopic (exact) mass is 345 g/mol. The van der Waals surface area contributed by atoms with Gasteiger partial charge in [-0.05, 0) is 48.7 Å². The number of ether oxygens (including phenoxy) is 1. The van der Waals surface area contributed by atoms with Crippen LogP contribution in [-0.2, 0) is 19.0 Å². The Morgan fingerprint density at radius 1 is 1.08 bits per heavy atom. The lowest BCUT2D eigenvalue weighted by Crippen LogP contribution is -2.05. The van der Waals surface area contributed by atoms with Crippen LogP contribution in [0.1, 0.15) is 16.7 Å². The third kappa shape index (κ3) is 2.67. The Balaban J connectivity index is 1.80. The zero-order chi connectivity index (χ0) is 17.6. The highest BCUT2D eigenvalue weighted by molar-refractivity contribution is 5.77. The fraction of sp³-hybridized carbons (Fsp3) is 0.211. The summed E-state index contributed by atoms with van der Waals surface area (Å²) < 4.78 is 49.6. The molecule has 0 atom stereocenters. The fourth-order valence-corrected chi connectivity index (χ4v) is 3.21. The molecule has 0 bridgehead atoms. The van der Waals surface area contributed by atoms with Crippen LogP contribution in [0.4, 0.5) is 13.2 Å². The molecule has 0 fully saturated rings. The lowest BCUT2D eigenvalue weighted by atomic mass is 9.88. The molecule has 3 aromatic rings. The molecule has 128 valence electrons. The molecule has 1 aliphatic carbocycles. The molecule has 0 N–H and O–H groups in total. The van der Waals surface area contributed by atoms with Crippen molar-refractivity contribution < 1.29 is 22.4 Å². The van der Waals surface area contributed by atoms with Gasteiger partial charge in [-0.2, -0.15) is 13.2 Å². The SMILES string of the molecule is COc1ccc2c(c1)CCc1c-2noc1-c1cccc(C(F)(F)F)c1. The van der Waals surface area contributed by atoms with Crippen molar-refractivity contribution in [3.05, 3.63) is 59.2 Å². The van der Waals surface area contributed by atoms with Gasteiger partial charge in [-0.3, -0.25) is 0 Å². The van der Waals surface area contributed by atoms with Crippen LogP contribution in [0, 0.1) is 0 Å². The molecule has 2 aromatic carbocycles. The maximum Gasteiger partial charge on any atom is 0.416 e. The number of hydrogen-bond donors (Lipinski definition) is 0. The number of benzene rings is 2. The minimum absolute atomic E-state index is 0.389. The van der Waals surface area contributed by atoms with E-state index in [9.17, 15) is 13.2 Å². The molecular weight excluding hydrogens is 331 g/mol. The van der Waals surface area contributed by atoms with Crippen molar-refractivity contribution in [1.82, 2.24) is 5.16 Å². The van der Waals surface area contributed by atoms with Crippen molar-refractivity contribution in [2.75, 3.05) is 7.11 Å². The summed E-state index contributed by atoms with van der Waals surface area (Å²) in [6.45, 7) is 0. The van der Waals surface area contributed by atoms with E-state index in [4.69, 9.17) is 9.26 Å². The van der Waals surface area contributed by atoms with Gasteiger partial charge in [0, 0.05) is 16.7 Å². The van der Waals surface area contributed by atoms with Gasteiger partial charge in [-0.1, -0.05) is 17.3 Å². The third-order valence-electron chi connectivity index (χ3n) is 4.45. The van der Waals surface area contributed by atoms with Gasteiger partial charge in [0.1, 0.15) is 11.4 Å². The number of methoxy groups -OCH3 is 1. The maximum absolute atomic E-state index is 13.0. The molecule has 0 saturated heterocycles. The van der Waals surface area contributed by atoms with Crippen molar-refractivity contribution in [1.29, 1.82) is 0 Å². The summed E-state index contributed by atoms with van der Waals surface area (Å²) in [4.78, 5) is 0. The average Bonchev–Trinajstić information content (AvgIpc) is 3.05. The van der Waals surface area contributed by atoms with Crippen molar-refractivity contribution in [2.45, 2.75) is 19.0 Å². The van der Waals surface area contributed by atoms with Gasteiger partial charge in [0.25, 0.3) is 0 Å². The molecule has 0 spiro atoms. The Labute approximate surface area is 142 Å². The zero-order valence-electron chi connectivity index (χ0n) is 13.4. The molecule has 4 rings (SSSR count). The predicted molar refractivity (Wildman–Crippen MR) is 86.3 cm³/mol. The van der Waals surface area contributed by atoms with Gasteiger partial charge >= 0.3 is 6.18 Å². The van der Waals surface area contributed by atoms with Gasteiger partial charge in [0.05, 0.1) is 12.7 Å². The van der Waals surface area contributed by atoms with Crippen molar-refractivity contribution in [3.8, 4) is 28.3 Å². The minimum Gasteiger partial charge on any atom is -0.497 e. The second kappa shape index (κ2) is 5.65. The average molecular weight is 345 g/mol. The van der Waals surface area contributed by atoms with Crippen LogP contribution >= 0.6 is 0 Å². The summed E-state index contributed by atoms with van der Waals surface area (Å²) in [5.41, 5.74) is 3.25. The standard InChI is InChI=1S/C19H14F3NO2/c1-24-14-6-8-15-11(10-14)5-7-16-17(15)23-25-18(16)12-3-2-4-13(9-12)19(20,21)22/h2-4,6,8-10H,5,7H2,1H3. The molecule has 3 nitrogen and oxygen atoms in total. The first kappa shape index (κ1) is 15.7. The summed E-state index contributed by atoms with van der Waals surface area (Å²) >= 11 is 0. The molecule has 0 saturated carbocycles. The lowest BCUT2D eigenvalue weighted by Gasteiger charge is -2.16. The minimum atomic E-state index is -4.39. The topological polar surface area (TPSA) is 35.3 Å². The number of nitrogens with zero attached hydrogens (tertiary/aromatic N) is 1. The fourth-order valence-electron chi connectivity index (χ4n) is 3.21. The second-order valence-electron chi connectivity index (χ2n) is 5.94. The smallest absolute Gasteiger partial charge is 0.416 e. The van der Waals surface area contributed by atoms with E-state index in [1.807, 2.05) is 18.2 Å². The molecule has 25 heavy (non-hydrogen) atoms. The van der Waals surface area contributed by atoms with Crippen LogP contribution in [0.25, 0.3) is 22.6 Å². The highest BCUT2D eigenvalue weighted by Gasteiger charge is 2.31. The van der Waals surface area contributed by atoms with E-state index in [1.54, 1.807) is 13.2 Å². The molecule has 1 heterocycles. The number of rotatable bonds is 2. The van der Waals surface area contributed by atoms with Crippen LogP contribution in [-0.4, -0.2) is 12.3 Å². The van der Waals surface area contributed by atoms with E-state index in [1.165, 1.54) is 6.07 Å². The quantitative estimate of drug-likeness (QED) is 0.645. The largest absolute Gasteiger partial charge is 0.497 e. The molecule has 1 aromatic heterocycles. The van der Waals surface area contributed by atoms with E-state index in [0.717, 1.165) is 41.0 Å². The Morgan fingerprint density at radius 3 is 2.68 bits per heavy atom. The number of aryl methyl sites for hydroxylation is 1. The predicted octanol–water partition coefficient (Wildman–Crippen LogP) is 5.13. The van der Waals surface area contributed by atoms with E-state index < -0.39 is 11.7 Å². The third-order valence-corrected chi connectivity index (χ3v) is 4.45. The van der Waals surface area contributed by atoms with Gasteiger partial charge in [-0.15, -0.1) is 0 Å². The lowest BCUT2D eigenvalue weighted by molar-refractivity contribution is -0.137. The molecule has 0 radical (unpaired) electrons. The highest BCUT2D eigenvalue weighted by Crippen LogP contribution is 2.40. The van der Waals surface area contributed by atoms with Crippen LogP contribution < -0.4 is 4.74 Å². The van der Waals surface area contributed by atoms with Crippen molar-refractivity contribution in [2.24, 2.45) is 0 Å². The summed E-state index contributed by atoms with van der Waals surface area (Å²) in [6.07, 6.45) is -2.98. The first-order valence-corrected chi connectivity index (χ1v) is 7.81. The molecular formula is C19H14F3NO2. The number of halogens is 3. The number of fused-ring (bicyclic) bond motifs is 3. The van der Waals surface area contributed by atoms with Gasteiger partial charge in [0.15, 0.2) is 5.76 Å². The Bertz CT molecular complexity index is 944. The Kier molecular flexibility index (Phi) is 3.56. The first-order valence-electron chi connectivity index (χ1n) is 7.81. The van der Waals surface area contributed by atoms with E-state index in [0.29, 0.717) is 23.4 Å². The number of alkyl halides is 3. The van der Waals surface area contributed by atoms with E-state index >= 15 is 0 Å². The number of aromatic nitrogens is 1. The Morgan fingerprint density at radius 2 is 1.92 bits per heavy atom. The van der Waals surface area contributed by atoms with E-state index in [2.05, 4.69) is 5.16 Å². The number of hydrogen-bond acceptors (Lipinski definition) is 3. The van der Waals surface area contributed by atoms with Crippen molar-refractivity contribution in [3.63, 3.8) is 0 Å². The Hall–Kier alpha value is -2.76. The summed E-state index contributed by atoms with van der Waals surface area (Å²) in [7, 11) is 1.61. The molecule has 6 heteroatoms. The molecule has 0 amide bonds.